The van der Waals surface area contributed by atoms with E-state index in [0.717, 1.165) is 0 Å². The quantitative estimate of drug-likeness (QED) is 0.635. The molecule has 0 atom stereocenters. The lowest BCUT2D eigenvalue weighted by atomic mass is 10.2. The van der Waals surface area contributed by atoms with Gasteiger partial charge in [-0.15, -0.1) is 0 Å². The molecule has 0 saturated heterocycles. The van der Waals surface area contributed by atoms with Crippen molar-refractivity contribution in [3.05, 3.63) is 34.1 Å². The van der Waals surface area contributed by atoms with E-state index in [1.807, 2.05) is 0 Å². The second-order valence-corrected chi connectivity index (χ2v) is 3.70. The molecule has 0 bridgehead atoms. The van der Waals surface area contributed by atoms with Gasteiger partial charge in [-0.05, 0) is 12.6 Å². The van der Waals surface area contributed by atoms with Crippen LogP contribution in [0.1, 0.15) is 5.82 Å². The highest BCUT2D eigenvalue weighted by atomic mass is 16.6. The van der Waals surface area contributed by atoms with Crippen molar-refractivity contribution in [2.45, 2.75) is 6.42 Å². The number of non-ortho nitro benzene ring substituents is 1. The van der Waals surface area contributed by atoms with Gasteiger partial charge in [-0.1, -0.05) is 5.16 Å². The van der Waals surface area contributed by atoms with Crippen molar-refractivity contribution < 1.29 is 14.2 Å². The maximum Gasteiger partial charge on any atom is 0.273 e. The van der Waals surface area contributed by atoms with Crippen molar-refractivity contribution in [3.8, 4) is 17.2 Å². The van der Waals surface area contributed by atoms with Crippen LogP contribution in [-0.2, 0) is 6.42 Å². The number of hydrogen-bond donors (Lipinski definition) is 1. The van der Waals surface area contributed by atoms with Crippen LogP contribution in [0.3, 0.4) is 0 Å². The topological polar surface area (TPSA) is 117 Å². The number of methoxy groups -OCH3 is 1. The Balaban J connectivity index is 2.40. The molecule has 1 heterocycles. The Morgan fingerprint density at radius 3 is 2.95 bits per heavy atom. The van der Waals surface area contributed by atoms with Gasteiger partial charge in [-0.3, -0.25) is 10.1 Å². The molecular weight excluding hydrogens is 252 g/mol. The van der Waals surface area contributed by atoms with Crippen LogP contribution < -0.4 is 10.5 Å². The van der Waals surface area contributed by atoms with E-state index in [2.05, 4.69) is 10.1 Å². The van der Waals surface area contributed by atoms with E-state index in [4.69, 9.17) is 15.0 Å². The third kappa shape index (κ3) is 2.68. The molecular formula is C11H12N4O4. The molecule has 0 aliphatic carbocycles. The van der Waals surface area contributed by atoms with E-state index < -0.39 is 4.92 Å². The summed E-state index contributed by atoms with van der Waals surface area (Å²) in [6.45, 7) is 0.413. The zero-order valence-corrected chi connectivity index (χ0v) is 10.2. The van der Waals surface area contributed by atoms with Gasteiger partial charge in [0.2, 0.25) is 0 Å². The average molecular weight is 264 g/mol. The first-order valence-corrected chi connectivity index (χ1v) is 5.51. The molecule has 0 unspecified atom stereocenters. The summed E-state index contributed by atoms with van der Waals surface area (Å²) >= 11 is 0. The van der Waals surface area contributed by atoms with Gasteiger partial charge in [0.25, 0.3) is 11.6 Å². The van der Waals surface area contributed by atoms with Crippen molar-refractivity contribution in [1.82, 2.24) is 10.1 Å². The smallest absolute Gasteiger partial charge is 0.273 e. The first kappa shape index (κ1) is 13.0. The summed E-state index contributed by atoms with van der Waals surface area (Å²) in [6.07, 6.45) is 0.499. The molecule has 2 N–H and O–H groups in total. The highest BCUT2D eigenvalue weighted by Crippen LogP contribution is 2.32. The van der Waals surface area contributed by atoms with Crippen molar-refractivity contribution in [1.29, 1.82) is 0 Å². The van der Waals surface area contributed by atoms with Gasteiger partial charge < -0.3 is 15.0 Å². The number of benzene rings is 1. The number of rotatable bonds is 5. The minimum Gasteiger partial charge on any atom is -0.496 e. The third-order valence-corrected chi connectivity index (χ3v) is 2.46. The fraction of sp³-hybridized carbons (Fsp3) is 0.273. The van der Waals surface area contributed by atoms with E-state index in [0.29, 0.717) is 30.1 Å². The van der Waals surface area contributed by atoms with E-state index in [-0.39, 0.29) is 11.6 Å². The van der Waals surface area contributed by atoms with Crippen LogP contribution in [0.25, 0.3) is 11.5 Å². The minimum absolute atomic E-state index is 0.0673. The zero-order valence-electron chi connectivity index (χ0n) is 10.2. The maximum atomic E-state index is 10.7. The summed E-state index contributed by atoms with van der Waals surface area (Å²) in [5.41, 5.74) is 5.83. The molecule has 0 fully saturated rings. The molecule has 0 saturated carbocycles. The fourth-order valence-corrected chi connectivity index (χ4v) is 1.56. The lowest BCUT2D eigenvalue weighted by molar-refractivity contribution is -0.384. The molecule has 100 valence electrons. The van der Waals surface area contributed by atoms with E-state index in [9.17, 15) is 10.1 Å². The summed E-state index contributed by atoms with van der Waals surface area (Å²) in [5, 5.41) is 14.5. The Hall–Kier alpha value is -2.48. The Morgan fingerprint density at radius 2 is 2.32 bits per heavy atom. The number of ether oxygens (including phenoxy) is 1. The Labute approximate surface area is 108 Å². The molecule has 0 spiro atoms. The predicted molar refractivity (Wildman–Crippen MR) is 65.7 cm³/mol. The number of nitrogens with two attached hydrogens (primary N) is 1. The van der Waals surface area contributed by atoms with Crippen molar-refractivity contribution in [2.24, 2.45) is 5.73 Å². The Morgan fingerprint density at radius 1 is 1.53 bits per heavy atom. The minimum atomic E-state index is -0.500. The van der Waals surface area contributed by atoms with E-state index in [1.54, 1.807) is 0 Å². The van der Waals surface area contributed by atoms with Crippen LogP contribution in [0.15, 0.2) is 22.7 Å². The number of nitro groups is 1. The second-order valence-electron chi connectivity index (χ2n) is 3.70. The Bertz CT molecular complexity index is 596. The van der Waals surface area contributed by atoms with Crippen molar-refractivity contribution in [3.63, 3.8) is 0 Å². The van der Waals surface area contributed by atoms with Gasteiger partial charge >= 0.3 is 0 Å². The monoisotopic (exact) mass is 264 g/mol. The maximum absolute atomic E-state index is 10.7. The van der Waals surface area contributed by atoms with Gasteiger partial charge in [0.15, 0.2) is 5.82 Å². The van der Waals surface area contributed by atoms with Crippen LogP contribution in [0.5, 0.6) is 5.75 Å². The summed E-state index contributed by atoms with van der Waals surface area (Å²) in [5.74, 6) is 1.03. The lowest BCUT2D eigenvalue weighted by Crippen LogP contribution is -2.03. The molecule has 1 aromatic carbocycles. The highest BCUT2D eigenvalue weighted by Gasteiger charge is 2.17. The summed E-state index contributed by atoms with van der Waals surface area (Å²) in [6, 6.07) is 4.17. The van der Waals surface area contributed by atoms with Gasteiger partial charge in [-0.25, -0.2) is 0 Å². The number of nitro benzene ring substituents is 1. The molecule has 2 aromatic rings. The SMILES string of the molecule is COc1cc([N+](=O)[O-])ccc1-c1nc(CCN)no1. The van der Waals surface area contributed by atoms with Gasteiger partial charge in [0.1, 0.15) is 5.75 Å². The first-order chi connectivity index (χ1) is 9.15. The van der Waals surface area contributed by atoms with Crippen LogP contribution in [-0.4, -0.2) is 28.7 Å². The fourth-order valence-electron chi connectivity index (χ4n) is 1.56. The second kappa shape index (κ2) is 5.44. The van der Waals surface area contributed by atoms with Crippen molar-refractivity contribution in [2.75, 3.05) is 13.7 Å². The molecule has 0 radical (unpaired) electrons. The molecule has 19 heavy (non-hydrogen) atoms. The molecule has 1 aromatic heterocycles. The molecule has 0 aliphatic rings. The number of nitrogens with zero attached hydrogens (tertiary/aromatic N) is 3. The van der Waals surface area contributed by atoms with E-state index >= 15 is 0 Å². The number of aromatic nitrogens is 2. The largest absolute Gasteiger partial charge is 0.496 e. The molecule has 8 nitrogen and oxygen atoms in total. The van der Waals surface area contributed by atoms with Gasteiger partial charge in [0.05, 0.1) is 23.7 Å². The van der Waals surface area contributed by atoms with Crippen LogP contribution >= 0.6 is 0 Å². The molecule has 0 amide bonds. The van der Waals surface area contributed by atoms with Crippen molar-refractivity contribution >= 4 is 5.69 Å². The zero-order chi connectivity index (χ0) is 13.8. The summed E-state index contributed by atoms with van der Waals surface area (Å²) < 4.78 is 10.2. The normalized spacial score (nSPS) is 10.4. The molecule has 2 rings (SSSR count). The van der Waals surface area contributed by atoms with Gasteiger partial charge in [-0.2, -0.15) is 4.98 Å². The van der Waals surface area contributed by atoms with E-state index in [1.165, 1.54) is 25.3 Å². The van der Waals surface area contributed by atoms with Crippen LogP contribution in [0.4, 0.5) is 5.69 Å². The van der Waals surface area contributed by atoms with Gasteiger partial charge in [0, 0.05) is 12.5 Å². The third-order valence-electron chi connectivity index (χ3n) is 2.46. The predicted octanol–water partition coefficient (Wildman–Crippen LogP) is 1.15. The van der Waals surface area contributed by atoms with Crippen LogP contribution in [0.2, 0.25) is 0 Å². The van der Waals surface area contributed by atoms with Crippen LogP contribution in [0, 0.1) is 10.1 Å². The summed E-state index contributed by atoms with van der Waals surface area (Å²) in [7, 11) is 1.42. The standard InChI is InChI=1S/C11H12N4O4/c1-18-9-6-7(15(16)17)2-3-8(9)11-13-10(4-5-12)14-19-11/h2-3,6H,4-5,12H2,1H3. The first-order valence-electron chi connectivity index (χ1n) is 5.51. The average Bonchev–Trinajstić information content (AvgIpc) is 2.86. The molecule has 0 aliphatic heterocycles. The Kier molecular flexibility index (Phi) is 3.71. The highest BCUT2D eigenvalue weighted by molar-refractivity contribution is 5.65. The lowest BCUT2D eigenvalue weighted by Gasteiger charge is -2.03. The molecule has 8 heteroatoms. The number of hydrogen-bond acceptors (Lipinski definition) is 7. The summed E-state index contributed by atoms with van der Waals surface area (Å²) in [4.78, 5) is 14.3.